The van der Waals surface area contributed by atoms with Gasteiger partial charge in [-0.05, 0) is 43.4 Å². The number of anilines is 1. The maximum atomic E-state index is 12.8. The van der Waals surface area contributed by atoms with Crippen molar-refractivity contribution >= 4 is 17.6 Å². The molecule has 0 aromatic carbocycles. The lowest BCUT2D eigenvalue weighted by Gasteiger charge is -2.16. The predicted octanol–water partition coefficient (Wildman–Crippen LogP) is 3.32. The number of aryl methyl sites for hydroxylation is 1. The lowest BCUT2D eigenvalue weighted by Crippen LogP contribution is -2.23. The average molecular weight is 416 g/mol. The van der Waals surface area contributed by atoms with Gasteiger partial charge >= 0.3 is 0 Å². The fourth-order valence-electron chi connectivity index (χ4n) is 3.51. The Labute approximate surface area is 172 Å². The molecule has 0 spiro atoms. The van der Waals surface area contributed by atoms with Crippen LogP contribution in [0.2, 0.25) is 0 Å². The first-order chi connectivity index (χ1) is 14.4. The van der Waals surface area contributed by atoms with Crippen LogP contribution in [0, 0.1) is 12.8 Å². The molecule has 0 bridgehead atoms. The first-order valence-corrected chi connectivity index (χ1v) is 9.84. The summed E-state index contributed by atoms with van der Waals surface area (Å²) in [5.41, 5.74) is 2.60. The van der Waals surface area contributed by atoms with Gasteiger partial charge in [0.25, 0.3) is 12.3 Å². The Morgan fingerprint density at radius 1 is 1.37 bits per heavy atom. The molecule has 0 radical (unpaired) electrons. The Bertz CT molecular complexity index is 979. The molecular formula is C21H22F2N4O3. The second-order valence-electron chi connectivity index (χ2n) is 7.71. The molecule has 158 valence electrons. The van der Waals surface area contributed by atoms with E-state index >= 15 is 0 Å². The minimum atomic E-state index is -2.57. The molecule has 0 saturated heterocycles. The van der Waals surface area contributed by atoms with Gasteiger partial charge < -0.3 is 15.0 Å². The van der Waals surface area contributed by atoms with Crippen LogP contribution in [0.15, 0.2) is 24.5 Å². The number of nitrogens with one attached hydrogen (secondary N) is 1. The second-order valence-corrected chi connectivity index (χ2v) is 7.71. The second kappa shape index (κ2) is 8.33. The molecule has 1 aliphatic carbocycles. The molecule has 1 fully saturated rings. The number of carbonyl (C=O) groups is 2. The van der Waals surface area contributed by atoms with Crippen molar-refractivity contribution in [3.63, 3.8) is 0 Å². The highest BCUT2D eigenvalue weighted by atomic mass is 19.3. The van der Waals surface area contributed by atoms with Crippen LogP contribution >= 0.6 is 0 Å². The lowest BCUT2D eigenvalue weighted by atomic mass is 10.1. The number of hydrogen-bond donors (Lipinski definition) is 1. The van der Waals surface area contributed by atoms with Crippen LogP contribution in [-0.2, 0) is 17.9 Å². The Morgan fingerprint density at radius 2 is 2.17 bits per heavy atom. The van der Waals surface area contributed by atoms with Gasteiger partial charge in [-0.3, -0.25) is 9.59 Å². The van der Waals surface area contributed by atoms with Gasteiger partial charge in [0.15, 0.2) is 6.61 Å². The maximum Gasteiger partial charge on any atom is 0.272 e. The summed E-state index contributed by atoms with van der Waals surface area (Å²) in [5.74, 6) is 0.812. The number of rotatable bonds is 8. The molecule has 2 amide bonds. The highest BCUT2D eigenvalue weighted by molar-refractivity contribution is 6.01. The SMILES string of the molecule is Cc1cc(CN2Cc3c(ccnc3NC(=O)CC3CC3)C2=O)cnc1OCC(F)F. The van der Waals surface area contributed by atoms with Gasteiger partial charge in [-0.15, -0.1) is 0 Å². The smallest absolute Gasteiger partial charge is 0.272 e. The lowest BCUT2D eigenvalue weighted by molar-refractivity contribution is -0.116. The maximum absolute atomic E-state index is 12.8. The standard InChI is InChI=1S/C21H22F2N4O3/c1-12-6-14(8-25-20(12)30-11-17(22)23)9-27-10-16-15(21(27)29)4-5-24-19(16)26-18(28)7-13-2-3-13/h4-6,8,13,17H,2-3,7,9-11H2,1H3,(H,24,26,28). The molecule has 2 aromatic rings. The Balaban J connectivity index is 1.44. The van der Waals surface area contributed by atoms with E-state index in [4.69, 9.17) is 4.74 Å². The highest BCUT2D eigenvalue weighted by Gasteiger charge is 2.31. The van der Waals surface area contributed by atoms with Crippen molar-refractivity contribution in [1.82, 2.24) is 14.9 Å². The fourth-order valence-corrected chi connectivity index (χ4v) is 3.51. The van der Waals surface area contributed by atoms with Crippen molar-refractivity contribution in [2.45, 2.75) is 45.7 Å². The normalized spacial score (nSPS) is 15.5. The molecule has 4 rings (SSSR count). The summed E-state index contributed by atoms with van der Waals surface area (Å²) in [4.78, 5) is 35.0. The minimum Gasteiger partial charge on any atom is -0.471 e. The number of halogens is 2. The molecule has 1 N–H and O–H groups in total. The van der Waals surface area contributed by atoms with Gasteiger partial charge in [0.05, 0.1) is 6.54 Å². The number of amides is 2. The van der Waals surface area contributed by atoms with Gasteiger partial charge in [0.1, 0.15) is 5.82 Å². The van der Waals surface area contributed by atoms with E-state index in [9.17, 15) is 18.4 Å². The third-order valence-electron chi connectivity index (χ3n) is 5.16. The van der Waals surface area contributed by atoms with E-state index in [1.807, 2.05) is 0 Å². The van der Waals surface area contributed by atoms with Crippen molar-refractivity contribution in [3.05, 3.63) is 46.8 Å². The van der Waals surface area contributed by atoms with Crippen LogP contribution < -0.4 is 10.1 Å². The molecule has 9 heteroatoms. The zero-order chi connectivity index (χ0) is 21.3. The van der Waals surface area contributed by atoms with Crippen molar-refractivity contribution in [3.8, 4) is 5.88 Å². The van der Waals surface area contributed by atoms with E-state index in [0.29, 0.717) is 47.9 Å². The predicted molar refractivity (Wildman–Crippen MR) is 104 cm³/mol. The number of carbonyl (C=O) groups excluding carboxylic acids is 2. The van der Waals surface area contributed by atoms with Gasteiger partial charge in [-0.2, -0.15) is 0 Å². The summed E-state index contributed by atoms with van der Waals surface area (Å²) in [6, 6.07) is 3.42. The van der Waals surface area contributed by atoms with Crippen LogP contribution in [0.3, 0.4) is 0 Å². The average Bonchev–Trinajstić information content (AvgIpc) is 3.45. The summed E-state index contributed by atoms with van der Waals surface area (Å²) >= 11 is 0. The van der Waals surface area contributed by atoms with E-state index in [1.54, 1.807) is 24.0 Å². The monoisotopic (exact) mass is 416 g/mol. The molecule has 7 nitrogen and oxygen atoms in total. The molecular weight excluding hydrogens is 394 g/mol. The highest BCUT2D eigenvalue weighted by Crippen LogP contribution is 2.33. The summed E-state index contributed by atoms with van der Waals surface area (Å²) in [6.45, 7) is 1.63. The Hall–Kier alpha value is -3.10. The minimum absolute atomic E-state index is 0.0801. The van der Waals surface area contributed by atoms with Crippen LogP contribution in [0.5, 0.6) is 5.88 Å². The van der Waals surface area contributed by atoms with Crippen molar-refractivity contribution in [2.24, 2.45) is 5.92 Å². The summed E-state index contributed by atoms with van der Waals surface area (Å²) in [7, 11) is 0. The largest absolute Gasteiger partial charge is 0.471 e. The van der Waals surface area contributed by atoms with Crippen molar-refractivity contribution in [1.29, 1.82) is 0 Å². The number of pyridine rings is 2. The molecule has 2 aliphatic rings. The molecule has 30 heavy (non-hydrogen) atoms. The van der Waals surface area contributed by atoms with Gasteiger partial charge in [-0.1, -0.05) is 0 Å². The number of ether oxygens (including phenoxy) is 1. The molecule has 1 saturated carbocycles. The first-order valence-electron chi connectivity index (χ1n) is 9.84. The van der Waals surface area contributed by atoms with Gasteiger partial charge in [0, 0.05) is 42.0 Å². The molecule has 3 heterocycles. The third-order valence-corrected chi connectivity index (χ3v) is 5.16. The van der Waals surface area contributed by atoms with Crippen molar-refractivity contribution < 1.29 is 23.1 Å². The number of nitrogens with zero attached hydrogens (tertiary/aromatic N) is 3. The van der Waals surface area contributed by atoms with Crippen molar-refractivity contribution in [2.75, 3.05) is 11.9 Å². The third kappa shape index (κ3) is 4.55. The topological polar surface area (TPSA) is 84.4 Å². The van der Waals surface area contributed by atoms with Crippen LogP contribution in [0.1, 0.15) is 46.3 Å². The van der Waals surface area contributed by atoms with E-state index in [2.05, 4.69) is 15.3 Å². The summed E-state index contributed by atoms with van der Waals surface area (Å²) in [6.07, 6.45) is 3.11. The Morgan fingerprint density at radius 3 is 2.87 bits per heavy atom. The van der Waals surface area contributed by atoms with Crippen LogP contribution in [-0.4, -0.2) is 39.7 Å². The number of fused-ring (bicyclic) bond motifs is 1. The summed E-state index contributed by atoms with van der Waals surface area (Å²) in [5, 5.41) is 2.84. The number of alkyl halides is 2. The quantitative estimate of drug-likeness (QED) is 0.714. The Kier molecular flexibility index (Phi) is 5.61. The van der Waals surface area contributed by atoms with E-state index in [-0.39, 0.29) is 17.7 Å². The van der Waals surface area contributed by atoms with Crippen LogP contribution in [0.25, 0.3) is 0 Å². The van der Waals surface area contributed by atoms with Crippen LogP contribution in [0.4, 0.5) is 14.6 Å². The zero-order valence-corrected chi connectivity index (χ0v) is 16.5. The fraction of sp³-hybridized carbons (Fsp3) is 0.429. The molecule has 0 unspecified atom stereocenters. The zero-order valence-electron chi connectivity index (χ0n) is 16.5. The summed E-state index contributed by atoms with van der Waals surface area (Å²) < 4.78 is 29.6. The molecule has 0 atom stereocenters. The van der Waals surface area contributed by atoms with E-state index in [0.717, 1.165) is 18.4 Å². The molecule has 2 aromatic heterocycles. The molecule has 1 aliphatic heterocycles. The van der Waals surface area contributed by atoms with Gasteiger partial charge in [-0.25, -0.2) is 18.7 Å². The van der Waals surface area contributed by atoms with Gasteiger partial charge in [0.2, 0.25) is 11.8 Å². The number of hydrogen-bond acceptors (Lipinski definition) is 5. The first kappa shape index (κ1) is 20.2. The van der Waals surface area contributed by atoms with E-state index < -0.39 is 13.0 Å². The van der Waals surface area contributed by atoms with E-state index in [1.165, 1.54) is 12.4 Å². The number of aromatic nitrogens is 2.